The van der Waals surface area contributed by atoms with E-state index in [0.717, 1.165) is 16.8 Å². The normalized spacial score (nSPS) is 12.7. The van der Waals surface area contributed by atoms with E-state index in [1.807, 2.05) is 37.3 Å². The first-order chi connectivity index (χ1) is 8.09. The van der Waals surface area contributed by atoms with Gasteiger partial charge in [-0.25, -0.2) is 0 Å². The molecule has 3 nitrogen and oxygen atoms in total. The van der Waals surface area contributed by atoms with Gasteiger partial charge in [-0.15, -0.1) is 0 Å². The van der Waals surface area contributed by atoms with Crippen LogP contribution in [-0.2, 0) is 13.5 Å². The summed E-state index contributed by atoms with van der Waals surface area (Å²) in [5, 5.41) is 15.0. The fourth-order valence-electron chi connectivity index (χ4n) is 1.89. The molecule has 1 aromatic carbocycles. The first-order valence-corrected chi connectivity index (χ1v) is 5.88. The number of rotatable bonds is 3. The van der Waals surface area contributed by atoms with Gasteiger partial charge in [-0.05, 0) is 12.5 Å². The standard InChI is InChI=1S/C13H15ClN2O/c1-9-11(13(14)16(2)15-9)8-12(17)10-6-4-3-5-7-10/h3-7,12,17H,8H2,1-2H3. The highest BCUT2D eigenvalue weighted by Gasteiger charge is 2.16. The van der Waals surface area contributed by atoms with Crippen LogP contribution >= 0.6 is 11.6 Å². The molecule has 90 valence electrons. The summed E-state index contributed by atoms with van der Waals surface area (Å²) in [7, 11) is 1.80. The lowest BCUT2D eigenvalue weighted by Gasteiger charge is -2.10. The Hall–Kier alpha value is -1.32. The molecule has 0 bridgehead atoms. The van der Waals surface area contributed by atoms with Crippen LogP contribution in [0.25, 0.3) is 0 Å². The van der Waals surface area contributed by atoms with Crippen molar-refractivity contribution in [2.75, 3.05) is 0 Å². The number of benzene rings is 1. The van der Waals surface area contributed by atoms with Crippen LogP contribution in [-0.4, -0.2) is 14.9 Å². The van der Waals surface area contributed by atoms with Crippen molar-refractivity contribution in [2.24, 2.45) is 7.05 Å². The monoisotopic (exact) mass is 250 g/mol. The summed E-state index contributed by atoms with van der Waals surface area (Å²) in [6.45, 7) is 1.90. The van der Waals surface area contributed by atoms with Crippen molar-refractivity contribution in [1.82, 2.24) is 9.78 Å². The lowest BCUT2D eigenvalue weighted by molar-refractivity contribution is 0.178. The topological polar surface area (TPSA) is 38.0 Å². The summed E-state index contributed by atoms with van der Waals surface area (Å²) in [5.74, 6) is 0. The van der Waals surface area contributed by atoms with Crippen molar-refractivity contribution in [3.05, 3.63) is 52.3 Å². The maximum atomic E-state index is 10.1. The van der Waals surface area contributed by atoms with Crippen LogP contribution in [0.3, 0.4) is 0 Å². The van der Waals surface area contributed by atoms with Gasteiger partial charge in [0, 0.05) is 19.0 Å². The highest BCUT2D eigenvalue weighted by Crippen LogP contribution is 2.25. The minimum atomic E-state index is -0.545. The second-order valence-electron chi connectivity index (χ2n) is 4.11. The second kappa shape index (κ2) is 4.90. The van der Waals surface area contributed by atoms with E-state index in [2.05, 4.69) is 5.10 Å². The first kappa shape index (κ1) is 12.1. The summed E-state index contributed by atoms with van der Waals surface area (Å²) in [6, 6.07) is 9.57. The van der Waals surface area contributed by atoms with Crippen LogP contribution in [0.2, 0.25) is 5.15 Å². The Morgan fingerprint density at radius 2 is 2.00 bits per heavy atom. The molecular formula is C13H15ClN2O. The zero-order chi connectivity index (χ0) is 12.4. The van der Waals surface area contributed by atoms with Gasteiger partial charge in [-0.1, -0.05) is 41.9 Å². The molecule has 0 saturated carbocycles. The maximum Gasteiger partial charge on any atom is 0.130 e. The Kier molecular flexibility index (Phi) is 3.50. The third-order valence-corrected chi connectivity index (χ3v) is 3.32. The summed E-state index contributed by atoms with van der Waals surface area (Å²) in [5.41, 5.74) is 2.67. The number of hydrogen-bond donors (Lipinski definition) is 1. The second-order valence-corrected chi connectivity index (χ2v) is 4.47. The molecule has 1 heterocycles. The zero-order valence-corrected chi connectivity index (χ0v) is 10.6. The maximum absolute atomic E-state index is 10.1. The Morgan fingerprint density at radius 3 is 2.53 bits per heavy atom. The lowest BCUT2D eigenvalue weighted by atomic mass is 10.0. The number of halogens is 1. The van der Waals surface area contributed by atoms with Gasteiger partial charge in [-0.2, -0.15) is 5.10 Å². The zero-order valence-electron chi connectivity index (χ0n) is 9.89. The molecule has 17 heavy (non-hydrogen) atoms. The van der Waals surface area contributed by atoms with Crippen molar-refractivity contribution in [3.63, 3.8) is 0 Å². The Bertz CT molecular complexity index is 508. The predicted octanol–water partition coefficient (Wildman–Crippen LogP) is 2.66. The van der Waals surface area contributed by atoms with Gasteiger partial charge in [0.05, 0.1) is 11.8 Å². The van der Waals surface area contributed by atoms with E-state index in [0.29, 0.717) is 11.6 Å². The Morgan fingerprint density at radius 1 is 1.35 bits per heavy atom. The number of nitrogens with zero attached hydrogens (tertiary/aromatic N) is 2. The van der Waals surface area contributed by atoms with Crippen molar-refractivity contribution in [2.45, 2.75) is 19.4 Å². The Balaban J connectivity index is 2.22. The van der Waals surface area contributed by atoms with Crippen molar-refractivity contribution in [1.29, 1.82) is 0 Å². The van der Waals surface area contributed by atoms with Gasteiger partial charge in [0.2, 0.25) is 0 Å². The summed E-state index contributed by atoms with van der Waals surface area (Å²) in [4.78, 5) is 0. The van der Waals surface area contributed by atoms with E-state index in [4.69, 9.17) is 11.6 Å². The van der Waals surface area contributed by atoms with Crippen molar-refractivity contribution < 1.29 is 5.11 Å². The third-order valence-electron chi connectivity index (χ3n) is 2.85. The first-order valence-electron chi connectivity index (χ1n) is 5.50. The molecule has 0 radical (unpaired) electrons. The highest BCUT2D eigenvalue weighted by atomic mass is 35.5. The minimum absolute atomic E-state index is 0.489. The number of aliphatic hydroxyl groups excluding tert-OH is 1. The number of aromatic nitrogens is 2. The average Bonchev–Trinajstić information content (AvgIpc) is 2.57. The quantitative estimate of drug-likeness (QED) is 0.910. The van der Waals surface area contributed by atoms with E-state index in [9.17, 15) is 5.11 Å². The third kappa shape index (κ3) is 2.51. The van der Waals surface area contributed by atoms with E-state index < -0.39 is 6.10 Å². The van der Waals surface area contributed by atoms with Crippen LogP contribution in [0.4, 0.5) is 0 Å². The van der Waals surface area contributed by atoms with Gasteiger partial charge in [0.25, 0.3) is 0 Å². The minimum Gasteiger partial charge on any atom is -0.388 e. The summed E-state index contributed by atoms with van der Waals surface area (Å²) in [6.07, 6.45) is -0.0562. The van der Waals surface area contributed by atoms with E-state index >= 15 is 0 Å². The molecular weight excluding hydrogens is 236 g/mol. The molecule has 0 fully saturated rings. The molecule has 0 aliphatic heterocycles. The van der Waals surface area contributed by atoms with Crippen LogP contribution in [0.5, 0.6) is 0 Å². The molecule has 1 aromatic heterocycles. The lowest BCUT2D eigenvalue weighted by Crippen LogP contribution is -2.02. The van der Waals surface area contributed by atoms with Gasteiger partial charge >= 0.3 is 0 Å². The van der Waals surface area contributed by atoms with E-state index in [-0.39, 0.29) is 0 Å². The van der Waals surface area contributed by atoms with Gasteiger partial charge in [0.1, 0.15) is 5.15 Å². The predicted molar refractivity (Wildman–Crippen MR) is 68.1 cm³/mol. The fourth-order valence-corrected chi connectivity index (χ4v) is 2.14. The number of aliphatic hydroxyl groups is 1. The molecule has 2 rings (SSSR count). The molecule has 1 N–H and O–H groups in total. The highest BCUT2D eigenvalue weighted by molar-refractivity contribution is 6.30. The fraction of sp³-hybridized carbons (Fsp3) is 0.308. The molecule has 0 aliphatic carbocycles. The summed E-state index contributed by atoms with van der Waals surface area (Å²) < 4.78 is 1.63. The number of hydrogen-bond acceptors (Lipinski definition) is 2. The molecule has 0 spiro atoms. The van der Waals surface area contributed by atoms with Gasteiger partial charge < -0.3 is 5.11 Å². The largest absolute Gasteiger partial charge is 0.388 e. The molecule has 1 unspecified atom stereocenters. The molecule has 1 atom stereocenters. The molecule has 0 aliphatic rings. The van der Waals surface area contributed by atoms with E-state index in [1.165, 1.54) is 0 Å². The smallest absolute Gasteiger partial charge is 0.130 e. The van der Waals surface area contributed by atoms with Crippen molar-refractivity contribution >= 4 is 11.6 Å². The number of aryl methyl sites for hydroxylation is 2. The van der Waals surface area contributed by atoms with Crippen LogP contribution in [0.15, 0.2) is 30.3 Å². The van der Waals surface area contributed by atoms with Crippen LogP contribution in [0, 0.1) is 6.92 Å². The molecule has 2 aromatic rings. The molecule has 4 heteroatoms. The van der Waals surface area contributed by atoms with Crippen LogP contribution < -0.4 is 0 Å². The van der Waals surface area contributed by atoms with Gasteiger partial charge in [-0.3, -0.25) is 4.68 Å². The summed E-state index contributed by atoms with van der Waals surface area (Å²) >= 11 is 6.13. The van der Waals surface area contributed by atoms with Crippen LogP contribution in [0.1, 0.15) is 22.9 Å². The van der Waals surface area contributed by atoms with Crippen molar-refractivity contribution in [3.8, 4) is 0 Å². The Labute approximate surface area is 106 Å². The SMILES string of the molecule is Cc1nn(C)c(Cl)c1CC(O)c1ccccc1. The molecule has 0 amide bonds. The average molecular weight is 251 g/mol. The van der Waals surface area contributed by atoms with E-state index in [1.54, 1.807) is 11.7 Å². The van der Waals surface area contributed by atoms with Gasteiger partial charge in [0.15, 0.2) is 0 Å². The molecule has 0 saturated heterocycles.